The summed E-state index contributed by atoms with van der Waals surface area (Å²) < 4.78 is 30.8. The maximum Gasteiger partial charge on any atom is 0.330 e. The van der Waals surface area contributed by atoms with E-state index in [2.05, 4.69) is 4.74 Å². The summed E-state index contributed by atoms with van der Waals surface area (Å²) >= 11 is 0. The van der Waals surface area contributed by atoms with E-state index in [4.69, 9.17) is 0 Å². The molecule has 0 amide bonds. The van der Waals surface area contributed by atoms with Gasteiger partial charge in [-0.1, -0.05) is 0 Å². The van der Waals surface area contributed by atoms with Gasteiger partial charge in [0.05, 0.1) is 11.5 Å². The summed E-state index contributed by atoms with van der Waals surface area (Å²) in [6, 6.07) is 1.10. The Labute approximate surface area is 101 Å². The molecule has 1 aromatic rings. The second kappa shape index (κ2) is 5.85. The molecule has 18 heavy (non-hydrogen) atoms. The molecule has 0 N–H and O–H groups in total. The highest BCUT2D eigenvalue weighted by Crippen LogP contribution is 2.22. The van der Waals surface area contributed by atoms with Gasteiger partial charge in [-0.25, -0.2) is 9.18 Å². The van der Waals surface area contributed by atoms with E-state index in [0.29, 0.717) is 12.1 Å². The largest absolute Gasteiger partial charge is 0.463 e. The minimum absolute atomic E-state index is 0.148. The molecular formula is C11H9F2NO4. The van der Waals surface area contributed by atoms with E-state index in [1.807, 2.05) is 0 Å². The van der Waals surface area contributed by atoms with Crippen LogP contribution in [0, 0.1) is 21.7 Å². The molecule has 0 unspecified atom stereocenters. The molecule has 7 heteroatoms. The number of nitrogens with zero attached hydrogens (tertiary/aromatic N) is 1. The van der Waals surface area contributed by atoms with Crippen LogP contribution in [0.4, 0.5) is 14.5 Å². The lowest BCUT2D eigenvalue weighted by Gasteiger charge is -1.99. The number of benzene rings is 1. The first kappa shape index (κ1) is 13.8. The van der Waals surface area contributed by atoms with Crippen molar-refractivity contribution in [3.8, 4) is 0 Å². The highest BCUT2D eigenvalue weighted by Gasteiger charge is 2.17. The highest BCUT2D eigenvalue weighted by atomic mass is 19.1. The van der Waals surface area contributed by atoms with Crippen molar-refractivity contribution < 1.29 is 23.2 Å². The lowest BCUT2D eigenvalue weighted by Crippen LogP contribution is -1.99. The summed E-state index contributed by atoms with van der Waals surface area (Å²) in [4.78, 5) is 20.5. The van der Waals surface area contributed by atoms with Crippen LogP contribution in [0.1, 0.15) is 12.5 Å². The maximum absolute atomic E-state index is 13.3. The topological polar surface area (TPSA) is 69.4 Å². The summed E-state index contributed by atoms with van der Waals surface area (Å²) in [5.74, 6) is -2.99. The van der Waals surface area contributed by atoms with Gasteiger partial charge in [0, 0.05) is 23.8 Å². The summed E-state index contributed by atoms with van der Waals surface area (Å²) in [7, 11) is 0. The quantitative estimate of drug-likeness (QED) is 0.359. The Morgan fingerprint density at radius 1 is 1.44 bits per heavy atom. The summed E-state index contributed by atoms with van der Waals surface area (Å²) in [5.41, 5.74) is -1.13. The van der Waals surface area contributed by atoms with Crippen LogP contribution in [0.5, 0.6) is 0 Å². The normalized spacial score (nSPS) is 10.6. The number of hydrogen-bond acceptors (Lipinski definition) is 4. The smallest absolute Gasteiger partial charge is 0.330 e. The molecule has 1 rings (SSSR count). The first-order chi connectivity index (χ1) is 8.45. The van der Waals surface area contributed by atoms with Crippen LogP contribution in [0.3, 0.4) is 0 Å². The number of nitro benzene ring substituents is 1. The lowest BCUT2D eigenvalue weighted by atomic mass is 10.1. The van der Waals surface area contributed by atoms with E-state index in [0.717, 1.165) is 12.2 Å². The van der Waals surface area contributed by atoms with E-state index < -0.39 is 28.2 Å². The first-order valence-electron chi connectivity index (χ1n) is 4.94. The Bertz CT molecular complexity index is 514. The van der Waals surface area contributed by atoms with Crippen molar-refractivity contribution in [3.63, 3.8) is 0 Å². The third-order valence-corrected chi connectivity index (χ3v) is 1.95. The number of rotatable bonds is 4. The van der Waals surface area contributed by atoms with Gasteiger partial charge in [-0.05, 0) is 13.0 Å². The highest BCUT2D eigenvalue weighted by molar-refractivity contribution is 5.87. The molecule has 0 atom stereocenters. The van der Waals surface area contributed by atoms with E-state index in [-0.39, 0.29) is 12.2 Å². The fourth-order valence-corrected chi connectivity index (χ4v) is 1.17. The van der Waals surface area contributed by atoms with Gasteiger partial charge in [-0.15, -0.1) is 0 Å². The third-order valence-electron chi connectivity index (χ3n) is 1.95. The van der Waals surface area contributed by atoms with Gasteiger partial charge in [0.1, 0.15) is 5.82 Å². The van der Waals surface area contributed by atoms with Gasteiger partial charge in [0.25, 0.3) is 0 Å². The van der Waals surface area contributed by atoms with Crippen LogP contribution in [-0.4, -0.2) is 17.5 Å². The Morgan fingerprint density at radius 3 is 2.67 bits per heavy atom. The summed E-state index contributed by atoms with van der Waals surface area (Å²) in [6.07, 6.45) is 1.89. The predicted octanol–water partition coefficient (Wildman–Crippen LogP) is 2.45. The van der Waals surface area contributed by atoms with Crippen molar-refractivity contribution in [3.05, 3.63) is 45.5 Å². The standard InChI is InChI=1S/C11H9F2NO4/c1-2-18-11(15)4-3-7-5-10(14(16)17)9(13)6-8(7)12/h3-6H,2H2,1H3. The number of halogens is 2. The average molecular weight is 257 g/mol. The number of hydrogen-bond donors (Lipinski definition) is 0. The van der Waals surface area contributed by atoms with E-state index >= 15 is 0 Å². The SMILES string of the molecule is CCOC(=O)C=Cc1cc([N+](=O)[O-])c(F)cc1F. The summed E-state index contributed by atoms with van der Waals surface area (Å²) in [5, 5.41) is 10.5. The van der Waals surface area contributed by atoms with Crippen LogP contribution >= 0.6 is 0 Å². The molecular weight excluding hydrogens is 248 g/mol. The maximum atomic E-state index is 13.3. The van der Waals surface area contributed by atoms with Gasteiger partial charge in [0.2, 0.25) is 5.82 Å². The molecule has 0 aromatic heterocycles. The van der Waals surface area contributed by atoms with E-state index in [1.165, 1.54) is 0 Å². The molecule has 0 aliphatic carbocycles. The Balaban J connectivity index is 3.06. The van der Waals surface area contributed by atoms with Crippen LogP contribution in [0.2, 0.25) is 0 Å². The minimum Gasteiger partial charge on any atom is -0.463 e. The molecule has 0 heterocycles. The van der Waals surface area contributed by atoms with E-state index in [9.17, 15) is 23.7 Å². The van der Waals surface area contributed by atoms with Crippen molar-refractivity contribution in [1.82, 2.24) is 0 Å². The molecule has 0 radical (unpaired) electrons. The van der Waals surface area contributed by atoms with Gasteiger partial charge >= 0.3 is 11.7 Å². The molecule has 0 saturated carbocycles. The Hall–Kier alpha value is -2.31. The van der Waals surface area contributed by atoms with Crippen LogP contribution in [-0.2, 0) is 9.53 Å². The Morgan fingerprint density at radius 2 is 2.11 bits per heavy atom. The monoisotopic (exact) mass is 257 g/mol. The minimum atomic E-state index is -1.27. The van der Waals surface area contributed by atoms with Gasteiger partial charge in [-0.2, -0.15) is 4.39 Å². The predicted molar refractivity (Wildman–Crippen MR) is 58.7 cm³/mol. The van der Waals surface area contributed by atoms with Gasteiger partial charge in [0.15, 0.2) is 0 Å². The van der Waals surface area contributed by atoms with Gasteiger partial charge in [-0.3, -0.25) is 10.1 Å². The second-order valence-corrected chi connectivity index (χ2v) is 3.17. The molecule has 0 bridgehead atoms. The van der Waals surface area contributed by atoms with Crippen molar-refractivity contribution in [2.24, 2.45) is 0 Å². The van der Waals surface area contributed by atoms with Crippen LogP contribution in [0.15, 0.2) is 18.2 Å². The Kier molecular flexibility index (Phi) is 4.47. The number of esters is 1. The molecule has 0 aliphatic heterocycles. The summed E-state index contributed by atoms with van der Waals surface area (Å²) in [6.45, 7) is 1.74. The van der Waals surface area contributed by atoms with Crippen molar-refractivity contribution in [1.29, 1.82) is 0 Å². The molecule has 1 aromatic carbocycles. The molecule has 0 fully saturated rings. The lowest BCUT2D eigenvalue weighted by molar-refractivity contribution is -0.387. The molecule has 96 valence electrons. The number of carbonyl (C=O) groups excluding carboxylic acids is 1. The molecule has 0 spiro atoms. The van der Waals surface area contributed by atoms with Crippen LogP contribution < -0.4 is 0 Å². The molecule has 0 aliphatic rings. The van der Waals surface area contributed by atoms with Crippen molar-refractivity contribution in [2.45, 2.75) is 6.92 Å². The molecule has 5 nitrogen and oxygen atoms in total. The fraction of sp³-hybridized carbons (Fsp3) is 0.182. The average Bonchev–Trinajstić information content (AvgIpc) is 2.27. The van der Waals surface area contributed by atoms with Gasteiger partial charge < -0.3 is 4.74 Å². The zero-order chi connectivity index (χ0) is 13.7. The van der Waals surface area contributed by atoms with Crippen molar-refractivity contribution >= 4 is 17.7 Å². The third kappa shape index (κ3) is 3.34. The zero-order valence-corrected chi connectivity index (χ0v) is 9.35. The first-order valence-corrected chi connectivity index (χ1v) is 4.94. The van der Waals surface area contributed by atoms with Crippen molar-refractivity contribution in [2.75, 3.05) is 6.61 Å². The number of nitro groups is 1. The zero-order valence-electron chi connectivity index (χ0n) is 9.35. The number of ether oxygens (including phenoxy) is 1. The fourth-order valence-electron chi connectivity index (χ4n) is 1.17. The second-order valence-electron chi connectivity index (χ2n) is 3.17. The number of carbonyl (C=O) groups is 1. The van der Waals surface area contributed by atoms with Crippen LogP contribution in [0.25, 0.3) is 6.08 Å². The van der Waals surface area contributed by atoms with E-state index in [1.54, 1.807) is 6.92 Å². The molecule has 0 saturated heterocycles.